The lowest BCUT2D eigenvalue weighted by Crippen LogP contribution is -2.64. The summed E-state index contributed by atoms with van der Waals surface area (Å²) in [7, 11) is -10.7. The molecule has 2 aliphatic rings. The van der Waals surface area contributed by atoms with Crippen LogP contribution in [-0.4, -0.2) is 115 Å². The molecule has 1 saturated carbocycles. The van der Waals surface area contributed by atoms with Gasteiger partial charge in [0, 0.05) is 12.8 Å². The maximum absolute atomic E-state index is 13.0. The summed E-state index contributed by atoms with van der Waals surface area (Å²) in [5, 5.41) is 41.3. The van der Waals surface area contributed by atoms with Gasteiger partial charge in [-0.3, -0.25) is 23.2 Å². The van der Waals surface area contributed by atoms with E-state index in [1.807, 2.05) is 0 Å². The van der Waals surface area contributed by atoms with Gasteiger partial charge in [-0.25, -0.2) is 9.13 Å². The van der Waals surface area contributed by atoms with Crippen molar-refractivity contribution in [1.29, 1.82) is 0 Å². The second-order valence-corrected chi connectivity index (χ2v) is 20.9. The van der Waals surface area contributed by atoms with Crippen molar-refractivity contribution in [3.63, 3.8) is 0 Å². The predicted octanol–water partition coefficient (Wildman–Crippen LogP) is 9.44. The second kappa shape index (κ2) is 37.6. The first kappa shape index (κ1) is 63.0. The molecule has 400 valence electrons. The van der Waals surface area contributed by atoms with E-state index in [1.54, 1.807) is 0 Å². The molecule has 0 aromatic carbocycles. The van der Waals surface area contributed by atoms with E-state index in [9.17, 15) is 53.8 Å². The highest BCUT2D eigenvalue weighted by Crippen LogP contribution is 2.49. The Morgan fingerprint density at radius 2 is 1.01 bits per heavy atom. The number of aliphatic hydroxyl groups excluding tert-OH is 4. The zero-order chi connectivity index (χ0) is 50.8. The molecule has 69 heavy (non-hydrogen) atoms. The van der Waals surface area contributed by atoms with Crippen LogP contribution in [0.25, 0.3) is 0 Å². The Hall–Kier alpha value is -2.08. The number of esters is 2. The third-order valence-corrected chi connectivity index (χ3v) is 13.6. The van der Waals surface area contributed by atoms with Gasteiger partial charge in [0.15, 0.2) is 6.10 Å². The van der Waals surface area contributed by atoms with Crippen molar-refractivity contribution in [2.45, 2.75) is 242 Å². The van der Waals surface area contributed by atoms with Crippen LogP contribution in [0.3, 0.4) is 0 Å². The Morgan fingerprint density at radius 3 is 1.58 bits per heavy atom. The van der Waals surface area contributed by atoms with Gasteiger partial charge in [0.25, 0.3) is 0 Å². The van der Waals surface area contributed by atoms with Crippen molar-refractivity contribution in [3.8, 4) is 0 Å². The maximum atomic E-state index is 13.0. The van der Waals surface area contributed by atoms with Gasteiger partial charge in [-0.15, -0.1) is 0 Å². The van der Waals surface area contributed by atoms with Gasteiger partial charge in [0.2, 0.25) is 0 Å². The molecule has 1 aliphatic carbocycles. The van der Waals surface area contributed by atoms with E-state index in [0.29, 0.717) is 25.0 Å². The Bertz CT molecular complexity index is 1580. The van der Waals surface area contributed by atoms with Crippen molar-refractivity contribution in [3.05, 3.63) is 48.6 Å². The van der Waals surface area contributed by atoms with Crippen LogP contribution < -0.4 is 0 Å². The van der Waals surface area contributed by atoms with E-state index < -0.39 is 83.5 Å². The summed E-state index contributed by atoms with van der Waals surface area (Å²) in [5.41, 5.74) is 0. The smallest absolute Gasteiger partial charge is 0.462 e. The van der Waals surface area contributed by atoms with Gasteiger partial charge >= 0.3 is 27.6 Å². The number of epoxide rings is 1. The lowest BCUT2D eigenvalue weighted by molar-refractivity contribution is -0.216. The van der Waals surface area contributed by atoms with Crippen LogP contribution in [0.15, 0.2) is 48.6 Å². The normalized spacial score (nSPS) is 24.4. The van der Waals surface area contributed by atoms with Crippen LogP contribution >= 0.6 is 15.6 Å². The highest BCUT2D eigenvalue weighted by atomic mass is 31.2. The largest absolute Gasteiger partial charge is 0.472 e. The Kier molecular flexibility index (Phi) is 34.4. The van der Waals surface area contributed by atoms with Gasteiger partial charge in [-0.05, 0) is 77.0 Å². The van der Waals surface area contributed by atoms with E-state index in [1.165, 1.54) is 44.9 Å². The molecule has 2 fully saturated rings. The fourth-order valence-corrected chi connectivity index (χ4v) is 9.46. The molecule has 0 aromatic heterocycles. The highest BCUT2D eigenvalue weighted by Gasteiger charge is 2.54. The lowest BCUT2D eigenvalue weighted by Gasteiger charge is -2.43. The van der Waals surface area contributed by atoms with E-state index in [4.69, 9.17) is 23.3 Å². The zero-order valence-corrected chi connectivity index (χ0v) is 43.2. The molecule has 0 amide bonds. The molecule has 19 heteroatoms. The number of hydrogen-bond acceptors (Lipinski definition) is 14. The van der Waals surface area contributed by atoms with Crippen LogP contribution in [0.4, 0.5) is 0 Å². The topological polar surface area (TPSA) is 269 Å². The summed E-state index contributed by atoms with van der Waals surface area (Å²) in [6.45, 7) is 3.05. The van der Waals surface area contributed by atoms with E-state index in [0.717, 1.165) is 103 Å². The van der Waals surface area contributed by atoms with E-state index in [-0.39, 0.29) is 12.8 Å². The zero-order valence-electron chi connectivity index (χ0n) is 41.4. The average molecular weight is 1020 g/mol. The number of ether oxygens (including phenoxy) is 3. The predicted molar refractivity (Wildman–Crippen MR) is 264 cm³/mol. The number of rotatable bonds is 42. The number of aliphatic hydroxyl groups is 4. The quantitative estimate of drug-likeness (QED) is 0.00986. The molecule has 1 aliphatic heterocycles. The molecule has 0 bridgehead atoms. The van der Waals surface area contributed by atoms with Crippen LogP contribution in [-0.2, 0) is 46.5 Å². The molecule has 17 nitrogen and oxygen atoms in total. The summed E-state index contributed by atoms with van der Waals surface area (Å²) in [4.78, 5) is 54.4. The van der Waals surface area contributed by atoms with Gasteiger partial charge in [0.1, 0.15) is 43.2 Å². The number of hydrogen-bond donors (Lipinski definition) is 7. The minimum absolute atomic E-state index is 0.0190. The molecule has 0 radical (unpaired) electrons. The first-order valence-electron chi connectivity index (χ1n) is 25.8. The second-order valence-electron chi connectivity index (χ2n) is 18.3. The number of unbranched alkanes of at least 4 members (excludes halogenated alkanes) is 17. The van der Waals surface area contributed by atoms with Crippen LogP contribution in [0, 0.1) is 0 Å². The fourth-order valence-electron chi connectivity index (χ4n) is 7.92. The van der Waals surface area contributed by atoms with E-state index in [2.05, 4.69) is 67.0 Å². The minimum atomic E-state index is -5.37. The van der Waals surface area contributed by atoms with Crippen molar-refractivity contribution in [2.75, 3.05) is 13.2 Å². The maximum Gasteiger partial charge on any atom is 0.472 e. The number of carbonyl (C=O) groups excluding carboxylic acids is 2. The van der Waals surface area contributed by atoms with Crippen molar-refractivity contribution in [2.24, 2.45) is 0 Å². The number of phosphoric acid groups is 2. The molecular weight excluding hydrogens is 934 g/mol. The highest BCUT2D eigenvalue weighted by molar-refractivity contribution is 7.47. The number of allylic oxidation sites excluding steroid dienone is 7. The summed E-state index contributed by atoms with van der Waals surface area (Å²) in [6.07, 6.45) is 29.4. The molecule has 0 aromatic rings. The van der Waals surface area contributed by atoms with Crippen molar-refractivity contribution in [1.82, 2.24) is 0 Å². The van der Waals surface area contributed by atoms with Gasteiger partial charge in [0.05, 0.1) is 18.8 Å². The minimum Gasteiger partial charge on any atom is -0.462 e. The Labute approximate surface area is 412 Å². The molecule has 1 heterocycles. The summed E-state index contributed by atoms with van der Waals surface area (Å²) in [5.74, 6) is -1.24. The Morgan fingerprint density at radius 1 is 0.536 bits per heavy atom. The first-order valence-corrected chi connectivity index (χ1v) is 28.8. The first-order chi connectivity index (χ1) is 33.1. The molecule has 1 saturated heterocycles. The van der Waals surface area contributed by atoms with E-state index >= 15 is 0 Å². The molecule has 10 atom stereocenters. The van der Waals surface area contributed by atoms with Crippen LogP contribution in [0.1, 0.15) is 187 Å². The number of phosphoric ester groups is 2. The van der Waals surface area contributed by atoms with Crippen molar-refractivity contribution < 1.29 is 81.6 Å². The molecule has 0 spiro atoms. The summed E-state index contributed by atoms with van der Waals surface area (Å²) in [6, 6.07) is 0. The summed E-state index contributed by atoms with van der Waals surface area (Å²) >= 11 is 0. The van der Waals surface area contributed by atoms with Gasteiger partial charge in [-0.1, -0.05) is 146 Å². The SMILES string of the molecule is CCCCCC/C=C\C/C=C\C/C=C\CCCCCCCCC(=O)OC[C@H](COP(=O)(O)O[C@H]1C(O)C(O)C(O)[C@@H](OP(=O)(O)O)C1O)OC(=O)CCCCCCC/C=C\CC1OC1CCCCC. The van der Waals surface area contributed by atoms with Crippen LogP contribution in [0.2, 0.25) is 0 Å². The monoisotopic (exact) mass is 1020 g/mol. The molecular formula is C50H88O17P2. The Balaban J connectivity index is 1.76. The average Bonchev–Trinajstić information content (AvgIpc) is 4.06. The molecule has 2 rings (SSSR count). The third kappa shape index (κ3) is 31.2. The summed E-state index contributed by atoms with van der Waals surface area (Å²) < 4.78 is 55.2. The fraction of sp³-hybridized carbons (Fsp3) is 0.800. The van der Waals surface area contributed by atoms with Crippen molar-refractivity contribution >= 4 is 27.6 Å². The molecule has 7 N–H and O–H groups in total. The molecule has 7 unspecified atom stereocenters. The van der Waals surface area contributed by atoms with Gasteiger partial charge in [-0.2, -0.15) is 0 Å². The standard InChI is InChI=1S/C50H88O17P2/c1-3-5-7-8-9-10-11-12-13-14-15-16-17-18-19-20-21-25-28-32-36-43(51)62-38-40(39-63-69(60,61)67-50-47(55)45(53)46(54)49(48(50)56)66-68(57,58)59)64-44(52)37-33-29-26-23-22-24-27-31-35-42-41(65-42)34-30-6-4-2/h10-11,13-14,16-17,27,31,40-42,45-50,53-56H,3-9,12,15,18-26,28-30,32-39H2,1-2H3,(H,60,61)(H2,57,58,59)/b11-10-,14-13-,17-16-,31-27-/t40-,41?,42?,45?,46?,47?,48?,49-,50+/m1/s1. The van der Waals surface area contributed by atoms with Crippen LogP contribution in [0.5, 0.6) is 0 Å². The van der Waals surface area contributed by atoms with Gasteiger partial charge < -0.3 is 49.3 Å². The third-order valence-electron chi connectivity index (χ3n) is 12.0. The lowest BCUT2D eigenvalue weighted by atomic mass is 9.85. The number of carbonyl (C=O) groups is 2.